The molecule has 38 heavy (non-hydrogen) atoms. The van der Waals surface area contributed by atoms with Gasteiger partial charge in [0.15, 0.2) is 0 Å². The molecule has 0 radical (unpaired) electrons. The van der Waals surface area contributed by atoms with Crippen molar-refractivity contribution in [1.82, 2.24) is 15.6 Å². The minimum Gasteiger partial charge on any atom is -0.380 e. The molecule has 0 bridgehead atoms. The number of rotatable bonds is 8. The number of aromatic nitrogens is 1. The Morgan fingerprint density at radius 1 is 1.16 bits per heavy atom. The third-order valence-corrected chi connectivity index (χ3v) is 8.14. The van der Waals surface area contributed by atoms with Crippen LogP contribution >= 0.6 is 11.3 Å². The second kappa shape index (κ2) is 11.2. The molecule has 0 saturated carbocycles. The van der Waals surface area contributed by atoms with Gasteiger partial charge in [-0.05, 0) is 36.1 Å². The summed E-state index contributed by atoms with van der Waals surface area (Å²) in [5.74, 6) is -3.01. The third kappa shape index (κ3) is 6.11. The lowest BCUT2D eigenvalue weighted by molar-refractivity contribution is -0.144. The molecule has 1 fully saturated rings. The third-order valence-electron chi connectivity index (χ3n) is 7.04. The molecule has 4 atom stereocenters. The number of carbonyl (C=O) groups excluding carboxylic acids is 1. The Kier molecular flexibility index (Phi) is 8.30. The molecule has 5 nitrogen and oxygen atoms in total. The summed E-state index contributed by atoms with van der Waals surface area (Å²) in [6.07, 6.45) is -0.634. The first-order chi connectivity index (χ1) is 17.9. The Labute approximate surface area is 225 Å². The van der Waals surface area contributed by atoms with E-state index >= 15 is 0 Å². The maximum atomic E-state index is 14.8. The number of halogens is 3. The Balaban J connectivity index is 1.76. The fourth-order valence-corrected chi connectivity index (χ4v) is 6.38. The first-order valence-corrected chi connectivity index (χ1v) is 13.5. The van der Waals surface area contributed by atoms with Crippen LogP contribution in [0.15, 0.2) is 48.5 Å². The number of benzene rings is 2. The molecule has 1 unspecified atom stereocenters. The van der Waals surface area contributed by atoms with Crippen molar-refractivity contribution in [2.45, 2.75) is 51.8 Å². The molecule has 0 aliphatic carbocycles. The number of carbonyl (C=O) groups is 1. The molecule has 1 aliphatic rings. The average Bonchev–Trinajstić information content (AvgIpc) is 3.44. The van der Waals surface area contributed by atoms with Crippen molar-refractivity contribution >= 4 is 17.2 Å². The number of nitrogens with one attached hydrogen (secondary N) is 2. The summed E-state index contributed by atoms with van der Waals surface area (Å²) in [6, 6.07) is 12.8. The van der Waals surface area contributed by atoms with Crippen LogP contribution in [0.4, 0.5) is 13.2 Å². The number of aliphatic hydroxyl groups is 1. The Bertz CT molecular complexity index is 1270. The van der Waals surface area contributed by atoms with Crippen LogP contribution in [0.5, 0.6) is 0 Å². The van der Waals surface area contributed by atoms with Crippen molar-refractivity contribution in [2.24, 2.45) is 11.3 Å². The SMILES string of the molecule is CC(C)(C)[C@H](c1nc(-c2cc(F)ccc2F)sc1Cc1ccccc1)C(C)(O)C(=O)NC[C@@H]1CNC[C@@H]1F. The van der Waals surface area contributed by atoms with E-state index in [2.05, 4.69) is 10.6 Å². The predicted octanol–water partition coefficient (Wildman–Crippen LogP) is 5.23. The summed E-state index contributed by atoms with van der Waals surface area (Å²) in [5.41, 5.74) is -1.13. The van der Waals surface area contributed by atoms with Gasteiger partial charge >= 0.3 is 0 Å². The number of nitrogens with zero attached hydrogens (tertiary/aromatic N) is 1. The van der Waals surface area contributed by atoms with Gasteiger partial charge in [-0.1, -0.05) is 51.1 Å². The highest BCUT2D eigenvalue weighted by Crippen LogP contribution is 2.47. The van der Waals surface area contributed by atoms with Gasteiger partial charge in [-0.15, -0.1) is 11.3 Å². The van der Waals surface area contributed by atoms with Crippen molar-refractivity contribution < 1.29 is 23.1 Å². The molecule has 2 heterocycles. The molecule has 1 aliphatic heterocycles. The van der Waals surface area contributed by atoms with E-state index in [1.54, 1.807) is 0 Å². The molecule has 1 amide bonds. The van der Waals surface area contributed by atoms with Crippen molar-refractivity contribution in [3.8, 4) is 10.6 Å². The normalized spacial score (nSPS) is 20.2. The molecule has 204 valence electrons. The van der Waals surface area contributed by atoms with E-state index < -0.39 is 40.6 Å². The van der Waals surface area contributed by atoms with Crippen LogP contribution in [0.3, 0.4) is 0 Å². The largest absolute Gasteiger partial charge is 0.380 e. The Hall–Kier alpha value is -2.75. The van der Waals surface area contributed by atoms with Gasteiger partial charge < -0.3 is 15.7 Å². The highest BCUT2D eigenvalue weighted by molar-refractivity contribution is 7.15. The van der Waals surface area contributed by atoms with Gasteiger partial charge in [0.1, 0.15) is 28.4 Å². The lowest BCUT2D eigenvalue weighted by Crippen LogP contribution is -2.53. The molecule has 1 saturated heterocycles. The van der Waals surface area contributed by atoms with Crippen LogP contribution in [0.1, 0.15) is 49.7 Å². The predicted molar refractivity (Wildman–Crippen MR) is 144 cm³/mol. The Morgan fingerprint density at radius 3 is 2.50 bits per heavy atom. The summed E-state index contributed by atoms with van der Waals surface area (Å²) < 4.78 is 42.9. The zero-order valence-corrected chi connectivity index (χ0v) is 22.8. The molecule has 9 heteroatoms. The number of hydrogen-bond acceptors (Lipinski definition) is 5. The number of amides is 1. The van der Waals surface area contributed by atoms with Gasteiger partial charge in [-0.25, -0.2) is 18.2 Å². The van der Waals surface area contributed by atoms with E-state index in [4.69, 9.17) is 4.98 Å². The second-order valence-corrected chi connectivity index (χ2v) is 12.3. The lowest BCUT2D eigenvalue weighted by Gasteiger charge is -2.40. The smallest absolute Gasteiger partial charge is 0.252 e. The molecular weight excluding hydrogens is 511 g/mol. The maximum absolute atomic E-state index is 14.8. The van der Waals surface area contributed by atoms with Crippen LogP contribution in [-0.4, -0.2) is 47.4 Å². The van der Waals surface area contributed by atoms with Gasteiger partial charge in [0.25, 0.3) is 5.91 Å². The minimum atomic E-state index is -1.92. The second-order valence-electron chi connectivity index (χ2n) is 11.2. The summed E-state index contributed by atoms with van der Waals surface area (Å²) in [6.45, 7) is 7.90. The zero-order chi connectivity index (χ0) is 27.7. The summed E-state index contributed by atoms with van der Waals surface area (Å²) in [4.78, 5) is 18.9. The quantitative estimate of drug-likeness (QED) is 0.362. The minimum absolute atomic E-state index is 0.0232. The summed E-state index contributed by atoms with van der Waals surface area (Å²) >= 11 is 1.22. The van der Waals surface area contributed by atoms with Crippen LogP contribution in [-0.2, 0) is 11.2 Å². The molecule has 3 aromatic rings. The fraction of sp³-hybridized carbons (Fsp3) is 0.448. The number of hydrogen-bond donors (Lipinski definition) is 3. The van der Waals surface area contributed by atoms with E-state index in [1.165, 1.54) is 18.3 Å². The fourth-order valence-electron chi connectivity index (χ4n) is 5.23. The first-order valence-electron chi connectivity index (χ1n) is 12.7. The van der Waals surface area contributed by atoms with E-state index in [0.29, 0.717) is 18.7 Å². The van der Waals surface area contributed by atoms with Crippen LogP contribution in [0, 0.1) is 23.0 Å². The first kappa shape index (κ1) is 28.3. The molecular formula is C29H34F3N3O2S. The highest BCUT2D eigenvalue weighted by Gasteiger charge is 2.49. The van der Waals surface area contributed by atoms with Crippen molar-refractivity contribution in [1.29, 1.82) is 0 Å². The maximum Gasteiger partial charge on any atom is 0.252 e. The highest BCUT2D eigenvalue weighted by atomic mass is 32.1. The number of thiazole rings is 1. The van der Waals surface area contributed by atoms with Crippen molar-refractivity contribution in [3.05, 3.63) is 76.3 Å². The zero-order valence-electron chi connectivity index (χ0n) is 22.0. The lowest BCUT2D eigenvalue weighted by atomic mass is 9.68. The molecule has 3 N–H and O–H groups in total. The van der Waals surface area contributed by atoms with E-state index in [1.807, 2.05) is 51.1 Å². The van der Waals surface area contributed by atoms with Gasteiger partial charge in [0.2, 0.25) is 0 Å². The average molecular weight is 546 g/mol. The monoisotopic (exact) mass is 545 g/mol. The van der Waals surface area contributed by atoms with E-state index in [9.17, 15) is 23.1 Å². The van der Waals surface area contributed by atoms with Crippen LogP contribution < -0.4 is 10.6 Å². The molecule has 4 rings (SSSR count). The molecule has 1 aromatic heterocycles. The van der Waals surface area contributed by atoms with E-state index in [0.717, 1.165) is 28.6 Å². The van der Waals surface area contributed by atoms with Crippen LogP contribution in [0.2, 0.25) is 0 Å². The van der Waals surface area contributed by atoms with Crippen LogP contribution in [0.25, 0.3) is 10.6 Å². The van der Waals surface area contributed by atoms with Crippen molar-refractivity contribution in [2.75, 3.05) is 19.6 Å². The van der Waals surface area contributed by atoms with Gasteiger partial charge in [-0.3, -0.25) is 4.79 Å². The van der Waals surface area contributed by atoms with Gasteiger partial charge in [0.05, 0.1) is 5.69 Å². The van der Waals surface area contributed by atoms with Crippen molar-refractivity contribution in [3.63, 3.8) is 0 Å². The standard InChI is InChI=1S/C29H34F3N3O2S/c1-28(2,3)25(29(4,37)27(36)34-15-18-14-33-16-22(18)32)24-23(12-17-8-6-5-7-9-17)38-26(35-24)20-13-19(30)10-11-21(20)31/h5-11,13,18,22,25,33,37H,12,14-16H2,1-4H3,(H,34,36)/t18-,22-,25-,29?/m0/s1. The van der Waals surface area contributed by atoms with E-state index in [-0.39, 0.29) is 29.6 Å². The topological polar surface area (TPSA) is 74.2 Å². The molecule has 2 aromatic carbocycles. The Morgan fingerprint density at radius 2 is 1.87 bits per heavy atom. The van der Waals surface area contributed by atoms with Gasteiger partial charge in [-0.2, -0.15) is 0 Å². The molecule has 0 spiro atoms. The summed E-state index contributed by atoms with van der Waals surface area (Å²) in [7, 11) is 0. The summed E-state index contributed by atoms with van der Waals surface area (Å²) in [5, 5.41) is 17.7. The number of alkyl halides is 1. The van der Waals surface area contributed by atoms with Gasteiger partial charge in [0, 0.05) is 48.3 Å².